The maximum atomic E-state index is 14.5. The van der Waals surface area contributed by atoms with Crippen molar-refractivity contribution in [2.45, 2.75) is 84.0 Å². The molecule has 0 aliphatic carbocycles. The van der Waals surface area contributed by atoms with Crippen molar-refractivity contribution in [3.8, 4) is 0 Å². The molecule has 1 heterocycles. The minimum atomic E-state index is -0.913. The summed E-state index contributed by atoms with van der Waals surface area (Å²) in [7, 11) is 1.70. The summed E-state index contributed by atoms with van der Waals surface area (Å²) in [6, 6.07) is 26.8. The summed E-state index contributed by atoms with van der Waals surface area (Å²) >= 11 is 0. The third-order valence-corrected chi connectivity index (χ3v) is 8.49. The molecule has 3 amide bonds. The zero-order valence-corrected chi connectivity index (χ0v) is 30.4. The number of likely N-dealkylation sites (N-methyl/N-ethyl adjacent to an activating group) is 1. The lowest BCUT2D eigenvalue weighted by Gasteiger charge is -2.30. The first-order valence-corrected chi connectivity index (χ1v) is 17.2. The average molecular weight is 690 g/mol. The topological polar surface area (TPSA) is 127 Å². The van der Waals surface area contributed by atoms with Gasteiger partial charge in [-0.05, 0) is 86.7 Å². The van der Waals surface area contributed by atoms with Gasteiger partial charge in [0.2, 0.25) is 17.7 Å². The van der Waals surface area contributed by atoms with Crippen LogP contribution < -0.4 is 10.6 Å². The van der Waals surface area contributed by atoms with Crippen molar-refractivity contribution < 1.29 is 23.6 Å². The van der Waals surface area contributed by atoms with Gasteiger partial charge in [0.1, 0.15) is 17.7 Å². The third-order valence-electron chi connectivity index (χ3n) is 8.49. The van der Waals surface area contributed by atoms with E-state index in [0.717, 1.165) is 32.7 Å². The van der Waals surface area contributed by atoms with Crippen LogP contribution in [0.5, 0.6) is 0 Å². The Kier molecular flexibility index (Phi) is 11.2. The zero-order chi connectivity index (χ0) is 36.8. The predicted octanol–water partition coefficient (Wildman–Crippen LogP) is 7.40. The summed E-state index contributed by atoms with van der Waals surface area (Å²) in [6.07, 6.45) is 3.57. The molecule has 0 aliphatic rings. The van der Waals surface area contributed by atoms with E-state index in [4.69, 9.17) is 9.26 Å². The quantitative estimate of drug-likeness (QED) is 0.131. The van der Waals surface area contributed by atoms with Crippen molar-refractivity contribution in [3.05, 3.63) is 120 Å². The van der Waals surface area contributed by atoms with E-state index in [9.17, 15) is 14.4 Å². The zero-order valence-electron chi connectivity index (χ0n) is 30.4. The smallest absolute Gasteiger partial charge is 0.408 e. The number of carbonyl (C=O) groups excluding carboxylic acids is 3. The lowest BCUT2D eigenvalue weighted by Crippen LogP contribution is -2.49. The minimum absolute atomic E-state index is 0.255. The first-order valence-electron chi connectivity index (χ1n) is 17.2. The standard InChI is InChI=1S/C41H47N5O5/c1-27-42-37(51-45-27)35(26-29-19-21-31-14-9-11-16-33(31)24-29)46(7)38(48)34(25-28-18-20-30-13-8-10-15-32(30)23-28)43-36(47)17-12-22-41(5,6)44-39(49)50-40(2,3)4/h8-21,23-24,34-35H,22,25-26H2,1-7H3,(H,43,47)(H,44,49)/b17-12+/t34-,35-/m1/s1. The number of benzene rings is 4. The lowest BCUT2D eigenvalue weighted by molar-refractivity contribution is -0.137. The normalized spacial score (nSPS) is 13.2. The van der Waals surface area contributed by atoms with Gasteiger partial charge < -0.3 is 24.8 Å². The van der Waals surface area contributed by atoms with E-state index >= 15 is 0 Å². The van der Waals surface area contributed by atoms with Crippen LogP contribution in [0.1, 0.15) is 69.9 Å². The third kappa shape index (κ3) is 10.3. The first-order chi connectivity index (χ1) is 24.2. The Balaban J connectivity index is 1.38. The Hall–Kier alpha value is -5.51. The summed E-state index contributed by atoms with van der Waals surface area (Å²) < 4.78 is 11.0. The number of alkyl carbamates (subject to hydrolysis) is 1. The number of carbonyl (C=O) groups is 3. The highest BCUT2D eigenvalue weighted by molar-refractivity contribution is 5.93. The Morgan fingerprint density at radius 3 is 1.96 bits per heavy atom. The number of hydrogen-bond donors (Lipinski definition) is 2. The molecular weight excluding hydrogens is 642 g/mol. The molecule has 0 saturated carbocycles. The second kappa shape index (κ2) is 15.6. The fraction of sp³-hybridized carbons (Fsp3) is 0.341. The highest BCUT2D eigenvalue weighted by atomic mass is 16.6. The van der Waals surface area contributed by atoms with Gasteiger partial charge in [-0.3, -0.25) is 9.59 Å². The second-order valence-electron chi connectivity index (χ2n) is 14.6. The largest absolute Gasteiger partial charge is 0.444 e. The molecule has 0 fully saturated rings. The molecule has 266 valence electrons. The van der Waals surface area contributed by atoms with Gasteiger partial charge in [0.15, 0.2) is 5.82 Å². The van der Waals surface area contributed by atoms with Crippen LogP contribution in [-0.4, -0.2) is 57.2 Å². The predicted molar refractivity (Wildman–Crippen MR) is 199 cm³/mol. The van der Waals surface area contributed by atoms with Crippen LogP contribution >= 0.6 is 0 Å². The molecule has 0 bridgehead atoms. The molecule has 0 radical (unpaired) electrons. The van der Waals surface area contributed by atoms with E-state index in [2.05, 4.69) is 45.0 Å². The van der Waals surface area contributed by atoms with Gasteiger partial charge in [-0.2, -0.15) is 4.98 Å². The van der Waals surface area contributed by atoms with E-state index in [0.29, 0.717) is 24.6 Å². The highest BCUT2D eigenvalue weighted by Gasteiger charge is 2.32. The molecule has 1 aromatic heterocycles. The molecule has 0 unspecified atom stereocenters. The molecule has 2 N–H and O–H groups in total. The Bertz CT molecular complexity index is 2040. The van der Waals surface area contributed by atoms with Crippen LogP contribution in [-0.2, 0) is 27.2 Å². The molecular formula is C41H47N5O5. The van der Waals surface area contributed by atoms with E-state index in [1.807, 2.05) is 74.5 Å². The van der Waals surface area contributed by atoms with Crippen LogP contribution in [0.4, 0.5) is 4.79 Å². The fourth-order valence-electron chi connectivity index (χ4n) is 5.94. The summed E-state index contributed by atoms with van der Waals surface area (Å²) in [4.78, 5) is 46.3. The number of nitrogens with one attached hydrogen (secondary N) is 2. The van der Waals surface area contributed by atoms with Gasteiger partial charge in [0.25, 0.3) is 0 Å². The van der Waals surface area contributed by atoms with E-state index in [-0.39, 0.29) is 12.3 Å². The SMILES string of the molecule is Cc1noc([C@@H](Cc2ccc3ccccc3c2)N(C)C(=O)[C@@H](Cc2ccc3ccccc3c2)NC(=O)/C=C/CC(C)(C)NC(=O)OC(C)(C)C)n1. The van der Waals surface area contributed by atoms with Crippen molar-refractivity contribution in [2.75, 3.05) is 7.05 Å². The van der Waals surface area contributed by atoms with Crippen molar-refractivity contribution in [1.29, 1.82) is 0 Å². The van der Waals surface area contributed by atoms with Crippen molar-refractivity contribution in [2.24, 2.45) is 0 Å². The molecule has 0 aliphatic heterocycles. The molecule has 5 aromatic rings. The molecule has 51 heavy (non-hydrogen) atoms. The highest BCUT2D eigenvalue weighted by Crippen LogP contribution is 2.27. The number of aryl methyl sites for hydroxylation is 1. The van der Waals surface area contributed by atoms with Crippen molar-refractivity contribution in [1.82, 2.24) is 25.7 Å². The maximum absolute atomic E-state index is 14.5. The number of ether oxygens (including phenoxy) is 1. The van der Waals surface area contributed by atoms with E-state index in [1.54, 1.807) is 45.7 Å². The summed E-state index contributed by atoms with van der Waals surface area (Å²) in [6.45, 7) is 10.8. The number of hydrogen-bond acceptors (Lipinski definition) is 7. The molecule has 2 atom stereocenters. The van der Waals surface area contributed by atoms with Gasteiger partial charge >= 0.3 is 6.09 Å². The van der Waals surface area contributed by atoms with Crippen LogP contribution in [0, 0.1) is 6.92 Å². The lowest BCUT2D eigenvalue weighted by atomic mass is 9.98. The molecule has 5 rings (SSSR count). The van der Waals surface area contributed by atoms with Crippen LogP contribution in [0.3, 0.4) is 0 Å². The maximum Gasteiger partial charge on any atom is 0.408 e. The molecule has 4 aromatic carbocycles. The second-order valence-corrected chi connectivity index (χ2v) is 14.6. The van der Waals surface area contributed by atoms with Crippen LogP contribution in [0.25, 0.3) is 21.5 Å². The average Bonchev–Trinajstić information content (AvgIpc) is 3.50. The summed E-state index contributed by atoms with van der Waals surface area (Å²) in [5.74, 6) is 0.0327. The van der Waals surface area contributed by atoms with Gasteiger partial charge in [0.05, 0.1) is 0 Å². The summed E-state index contributed by atoms with van der Waals surface area (Å²) in [5.41, 5.74) is 0.576. The Labute approximate surface area is 299 Å². The number of amides is 3. The first kappa shape index (κ1) is 36.8. The van der Waals surface area contributed by atoms with E-state index in [1.165, 1.54) is 6.08 Å². The Morgan fingerprint density at radius 2 is 1.41 bits per heavy atom. The van der Waals surface area contributed by atoms with Crippen molar-refractivity contribution in [3.63, 3.8) is 0 Å². The van der Waals surface area contributed by atoms with E-state index < -0.39 is 35.2 Å². The van der Waals surface area contributed by atoms with Gasteiger partial charge in [0, 0.05) is 25.4 Å². The molecule has 10 heteroatoms. The molecule has 10 nitrogen and oxygen atoms in total. The molecule has 0 saturated heterocycles. The number of nitrogens with zero attached hydrogens (tertiary/aromatic N) is 3. The number of aromatic nitrogens is 2. The van der Waals surface area contributed by atoms with Gasteiger partial charge in [-0.1, -0.05) is 96.2 Å². The van der Waals surface area contributed by atoms with Gasteiger partial charge in [-0.25, -0.2) is 4.79 Å². The van der Waals surface area contributed by atoms with Crippen molar-refractivity contribution >= 4 is 39.5 Å². The summed E-state index contributed by atoms with van der Waals surface area (Å²) in [5, 5.41) is 14.1. The monoisotopic (exact) mass is 689 g/mol. The molecule has 0 spiro atoms. The van der Waals surface area contributed by atoms with Crippen LogP contribution in [0.2, 0.25) is 0 Å². The van der Waals surface area contributed by atoms with Gasteiger partial charge in [-0.15, -0.1) is 0 Å². The minimum Gasteiger partial charge on any atom is -0.444 e. The Morgan fingerprint density at radius 1 is 0.843 bits per heavy atom. The fourth-order valence-corrected chi connectivity index (χ4v) is 5.94. The number of fused-ring (bicyclic) bond motifs is 2. The number of rotatable bonds is 12. The van der Waals surface area contributed by atoms with Crippen LogP contribution in [0.15, 0.2) is 102 Å².